The van der Waals surface area contributed by atoms with Crippen LogP contribution in [0.2, 0.25) is 0 Å². The molecule has 0 atom stereocenters. The fourth-order valence-corrected chi connectivity index (χ4v) is 4.94. The van der Waals surface area contributed by atoms with Gasteiger partial charge in [0.2, 0.25) is 0 Å². The summed E-state index contributed by atoms with van der Waals surface area (Å²) < 4.78 is 26.8. The fourth-order valence-electron chi connectivity index (χ4n) is 4.94. The van der Waals surface area contributed by atoms with Crippen LogP contribution >= 0.6 is 0 Å². The molecule has 1 saturated heterocycles. The number of anilines is 1. The molecule has 206 valence electrons. The number of amides is 1. The molecule has 1 aromatic carbocycles. The first-order valence-corrected chi connectivity index (χ1v) is 13.4. The number of piperidine rings is 1. The van der Waals surface area contributed by atoms with Crippen LogP contribution in [0.5, 0.6) is 17.2 Å². The number of aromatic nitrogens is 3. The van der Waals surface area contributed by atoms with E-state index in [4.69, 9.17) is 9.47 Å². The van der Waals surface area contributed by atoms with E-state index in [1.807, 2.05) is 26.1 Å². The Morgan fingerprint density at radius 3 is 2.67 bits per heavy atom. The number of pyridine rings is 1. The Morgan fingerprint density at radius 2 is 1.90 bits per heavy atom. The van der Waals surface area contributed by atoms with Crippen molar-refractivity contribution in [3.63, 3.8) is 0 Å². The highest BCUT2D eigenvalue weighted by molar-refractivity contribution is 5.97. The highest BCUT2D eigenvalue weighted by Gasteiger charge is 2.27. The number of carbonyl (C=O) groups excluding carboxylic acids is 1. The maximum atomic E-state index is 14.1. The van der Waals surface area contributed by atoms with Crippen LogP contribution in [0.15, 0.2) is 43.0 Å². The summed E-state index contributed by atoms with van der Waals surface area (Å²) in [7, 11) is 3.80. The van der Waals surface area contributed by atoms with Gasteiger partial charge in [-0.1, -0.05) is 0 Å². The van der Waals surface area contributed by atoms with Gasteiger partial charge in [0, 0.05) is 76.0 Å². The van der Waals surface area contributed by atoms with Gasteiger partial charge in [-0.3, -0.25) is 9.78 Å². The summed E-state index contributed by atoms with van der Waals surface area (Å²) in [4.78, 5) is 32.2. The van der Waals surface area contributed by atoms with Gasteiger partial charge in [0.25, 0.3) is 5.91 Å². The van der Waals surface area contributed by atoms with Gasteiger partial charge in [-0.05, 0) is 45.2 Å². The van der Waals surface area contributed by atoms with Crippen LogP contribution in [0.3, 0.4) is 0 Å². The van der Waals surface area contributed by atoms with E-state index in [1.165, 1.54) is 30.1 Å². The molecule has 0 saturated carbocycles. The maximum Gasteiger partial charge on any atom is 0.257 e. The lowest BCUT2D eigenvalue weighted by molar-refractivity contribution is 0.0751. The first kappa shape index (κ1) is 26.8. The Hall–Kier alpha value is -3.79. The van der Waals surface area contributed by atoms with Gasteiger partial charge in [-0.15, -0.1) is 0 Å². The molecule has 2 aliphatic heterocycles. The number of rotatable bonds is 7. The summed E-state index contributed by atoms with van der Waals surface area (Å²) in [6.45, 7) is 7.09. The predicted octanol–water partition coefficient (Wildman–Crippen LogP) is 4.32. The number of likely N-dealkylation sites (N-methyl/N-ethyl adjacent to an activating group) is 1. The normalized spacial score (nSPS) is 16.2. The van der Waals surface area contributed by atoms with Crippen LogP contribution in [0.1, 0.15) is 48.3 Å². The molecule has 0 radical (unpaired) electrons. The fraction of sp³-hybridized carbons (Fsp3) is 0.448. The van der Waals surface area contributed by atoms with Gasteiger partial charge in [0.05, 0.1) is 11.8 Å². The zero-order valence-corrected chi connectivity index (χ0v) is 22.9. The van der Waals surface area contributed by atoms with E-state index >= 15 is 0 Å². The lowest BCUT2D eigenvalue weighted by Gasteiger charge is -2.34. The standard InChI is InChI=1S/C29H35FN6O3/c1-19(2)35(4)29(37)22-15-20(30)5-6-25(22)39-27-16-31-18-33-28(27)36-13-8-21(9-14-36)38-26-7-11-32-24-10-12-34(3)17-23(24)26/h5-7,11,15-16,18-19,21H,8-10,12-14,17H2,1-4H3. The SMILES string of the molecule is CC(C)N(C)C(=O)c1cc(F)ccc1Oc1cncnc1N1CCC(Oc2ccnc3c2CN(C)CC3)CC1. The van der Waals surface area contributed by atoms with Crippen molar-refractivity contribution in [3.05, 3.63) is 65.6 Å². The summed E-state index contributed by atoms with van der Waals surface area (Å²) in [5, 5.41) is 0. The van der Waals surface area contributed by atoms with E-state index in [0.717, 1.165) is 56.9 Å². The second kappa shape index (κ2) is 11.5. The molecule has 2 aromatic heterocycles. The predicted molar refractivity (Wildman–Crippen MR) is 146 cm³/mol. The van der Waals surface area contributed by atoms with Crippen molar-refractivity contribution in [1.29, 1.82) is 0 Å². The summed E-state index contributed by atoms with van der Waals surface area (Å²) in [6, 6.07) is 5.88. The van der Waals surface area contributed by atoms with Crippen LogP contribution < -0.4 is 14.4 Å². The van der Waals surface area contributed by atoms with E-state index in [9.17, 15) is 9.18 Å². The monoisotopic (exact) mass is 534 g/mol. The zero-order valence-electron chi connectivity index (χ0n) is 22.9. The summed E-state index contributed by atoms with van der Waals surface area (Å²) in [6.07, 6.45) is 7.55. The molecule has 3 aromatic rings. The number of benzene rings is 1. The quantitative estimate of drug-likeness (QED) is 0.443. The molecular formula is C29H35FN6O3. The average Bonchev–Trinajstić information content (AvgIpc) is 2.94. The van der Waals surface area contributed by atoms with Gasteiger partial charge < -0.3 is 24.2 Å². The highest BCUT2D eigenvalue weighted by atomic mass is 19.1. The first-order valence-electron chi connectivity index (χ1n) is 13.4. The zero-order chi connectivity index (χ0) is 27.5. The lowest BCUT2D eigenvalue weighted by Crippen LogP contribution is -2.39. The van der Waals surface area contributed by atoms with Crippen molar-refractivity contribution in [2.75, 3.05) is 38.6 Å². The topological polar surface area (TPSA) is 83.9 Å². The van der Waals surface area contributed by atoms with E-state index in [0.29, 0.717) is 11.6 Å². The minimum atomic E-state index is -0.503. The number of hydrogen-bond acceptors (Lipinski definition) is 8. The number of carbonyl (C=O) groups is 1. The Bertz CT molecular complexity index is 1330. The van der Waals surface area contributed by atoms with Crippen LogP contribution in [-0.4, -0.2) is 76.5 Å². The molecule has 9 nitrogen and oxygen atoms in total. The van der Waals surface area contributed by atoms with Gasteiger partial charge in [0.1, 0.15) is 29.7 Å². The van der Waals surface area contributed by atoms with E-state index in [2.05, 4.69) is 31.8 Å². The van der Waals surface area contributed by atoms with E-state index in [-0.39, 0.29) is 29.4 Å². The average molecular weight is 535 g/mol. The molecule has 4 heterocycles. The second-order valence-corrected chi connectivity index (χ2v) is 10.5. The van der Waals surface area contributed by atoms with Crippen LogP contribution in [0.4, 0.5) is 10.2 Å². The van der Waals surface area contributed by atoms with Crippen molar-refractivity contribution in [2.45, 2.75) is 51.8 Å². The number of fused-ring (bicyclic) bond motifs is 1. The number of hydrogen-bond donors (Lipinski definition) is 0. The van der Waals surface area contributed by atoms with Crippen molar-refractivity contribution < 1.29 is 18.7 Å². The molecule has 0 N–H and O–H groups in total. The summed E-state index contributed by atoms with van der Waals surface area (Å²) in [5.74, 6) is 1.41. The number of ether oxygens (including phenoxy) is 2. The summed E-state index contributed by atoms with van der Waals surface area (Å²) in [5.41, 5.74) is 2.47. The van der Waals surface area contributed by atoms with Crippen molar-refractivity contribution in [1.82, 2.24) is 24.8 Å². The Labute approximate surface area is 228 Å². The van der Waals surface area contributed by atoms with E-state index < -0.39 is 5.82 Å². The van der Waals surface area contributed by atoms with Crippen LogP contribution in [-0.2, 0) is 13.0 Å². The minimum Gasteiger partial charge on any atom is -0.490 e. The first-order chi connectivity index (χ1) is 18.8. The Balaban J connectivity index is 1.29. The third-order valence-electron chi connectivity index (χ3n) is 7.44. The molecule has 0 aliphatic carbocycles. The molecule has 0 unspecified atom stereocenters. The Morgan fingerprint density at radius 1 is 1.10 bits per heavy atom. The molecule has 39 heavy (non-hydrogen) atoms. The van der Waals surface area contributed by atoms with Crippen molar-refractivity contribution in [3.8, 4) is 17.2 Å². The van der Waals surface area contributed by atoms with Crippen molar-refractivity contribution in [2.24, 2.45) is 0 Å². The van der Waals surface area contributed by atoms with Crippen LogP contribution in [0, 0.1) is 5.82 Å². The highest BCUT2D eigenvalue weighted by Crippen LogP contribution is 2.35. The second-order valence-electron chi connectivity index (χ2n) is 10.5. The van der Waals surface area contributed by atoms with Gasteiger partial charge >= 0.3 is 0 Å². The molecule has 2 aliphatic rings. The largest absolute Gasteiger partial charge is 0.490 e. The molecular weight excluding hydrogens is 499 g/mol. The third kappa shape index (κ3) is 5.95. The Kier molecular flexibility index (Phi) is 7.92. The molecule has 0 spiro atoms. The van der Waals surface area contributed by atoms with E-state index in [1.54, 1.807) is 18.1 Å². The van der Waals surface area contributed by atoms with Gasteiger partial charge in [-0.2, -0.15) is 0 Å². The molecule has 0 bridgehead atoms. The third-order valence-corrected chi connectivity index (χ3v) is 7.44. The maximum absolute atomic E-state index is 14.1. The van der Waals surface area contributed by atoms with Crippen molar-refractivity contribution >= 4 is 11.7 Å². The molecule has 1 fully saturated rings. The number of nitrogens with zero attached hydrogens (tertiary/aromatic N) is 6. The van der Waals surface area contributed by atoms with Crippen LogP contribution in [0.25, 0.3) is 0 Å². The minimum absolute atomic E-state index is 0.0497. The molecule has 5 rings (SSSR count). The smallest absolute Gasteiger partial charge is 0.257 e. The molecule has 10 heteroatoms. The number of halogens is 1. The lowest BCUT2D eigenvalue weighted by atomic mass is 10.0. The van der Waals surface area contributed by atoms with Gasteiger partial charge in [-0.25, -0.2) is 14.4 Å². The summed E-state index contributed by atoms with van der Waals surface area (Å²) >= 11 is 0. The molecule has 1 amide bonds. The van der Waals surface area contributed by atoms with Gasteiger partial charge in [0.15, 0.2) is 11.6 Å².